The Bertz CT molecular complexity index is 2600. The third-order valence-corrected chi connectivity index (χ3v) is 8.98. The summed E-state index contributed by atoms with van der Waals surface area (Å²) in [5, 5.41) is 1.03. The molecule has 0 aliphatic heterocycles. The number of fused-ring (bicyclic) bond motifs is 1. The predicted molar refractivity (Wildman–Crippen MR) is 209 cm³/mol. The van der Waals surface area contributed by atoms with Crippen LogP contribution in [0.1, 0.15) is 0 Å². The maximum atomic E-state index is 5.03. The van der Waals surface area contributed by atoms with E-state index >= 15 is 0 Å². The van der Waals surface area contributed by atoms with Gasteiger partial charge in [-0.3, -0.25) is 4.98 Å². The van der Waals surface area contributed by atoms with Gasteiger partial charge in [0.05, 0.1) is 16.9 Å². The molecule has 0 fully saturated rings. The number of aromatic nitrogens is 6. The van der Waals surface area contributed by atoms with Gasteiger partial charge >= 0.3 is 0 Å². The first-order valence-electron chi connectivity index (χ1n) is 17.1. The second-order valence-corrected chi connectivity index (χ2v) is 12.4. The summed E-state index contributed by atoms with van der Waals surface area (Å²) in [6, 6.07) is 59.4. The van der Waals surface area contributed by atoms with E-state index in [-0.39, 0.29) is 0 Å². The Morgan fingerprint density at radius 2 is 0.731 bits per heavy atom. The molecule has 0 amide bonds. The quantitative estimate of drug-likeness (QED) is 0.168. The summed E-state index contributed by atoms with van der Waals surface area (Å²) in [4.78, 5) is 29.4. The van der Waals surface area contributed by atoms with Crippen molar-refractivity contribution in [1.29, 1.82) is 0 Å². The standard InChI is InChI=1S/C46H30N6/c1-4-13-32(14-5-1)41-29-42(49-43(48-41)33-15-6-2-7-16-33)38-21-12-20-36(27-38)31-23-25-35(26-24-31)45-50-44(34-17-8-3-9-18-34)51-46(52-45)39-28-37-19-10-11-22-40(37)47-30-39/h1-30H. The lowest BCUT2D eigenvalue weighted by Gasteiger charge is -2.11. The van der Waals surface area contributed by atoms with E-state index in [9.17, 15) is 0 Å². The van der Waals surface area contributed by atoms with Crippen LogP contribution in [-0.2, 0) is 0 Å². The second-order valence-electron chi connectivity index (χ2n) is 12.4. The van der Waals surface area contributed by atoms with Crippen LogP contribution in [0, 0.1) is 0 Å². The molecule has 9 aromatic rings. The second kappa shape index (κ2) is 13.6. The molecule has 0 unspecified atom stereocenters. The fourth-order valence-electron chi connectivity index (χ4n) is 6.28. The summed E-state index contributed by atoms with van der Waals surface area (Å²) in [5.74, 6) is 2.48. The normalized spacial score (nSPS) is 11.1. The molecule has 0 radical (unpaired) electrons. The van der Waals surface area contributed by atoms with Crippen molar-refractivity contribution in [2.75, 3.05) is 0 Å². The number of hydrogen-bond acceptors (Lipinski definition) is 6. The highest BCUT2D eigenvalue weighted by atomic mass is 15.0. The third kappa shape index (κ3) is 6.32. The van der Waals surface area contributed by atoms with Crippen LogP contribution >= 0.6 is 0 Å². The summed E-state index contributed by atoms with van der Waals surface area (Å²) < 4.78 is 0. The SMILES string of the molecule is c1ccc(-c2cc(-c3cccc(-c4ccc(-c5nc(-c6ccccc6)nc(-c6cnc7ccccc7c6)n5)cc4)c3)nc(-c3ccccc3)n2)cc1. The average molecular weight is 667 g/mol. The first-order chi connectivity index (χ1) is 25.7. The molecule has 6 nitrogen and oxygen atoms in total. The Balaban J connectivity index is 1.08. The van der Waals surface area contributed by atoms with Gasteiger partial charge in [-0.15, -0.1) is 0 Å². The molecule has 0 bridgehead atoms. The van der Waals surface area contributed by atoms with E-state index in [0.717, 1.165) is 66.8 Å². The lowest BCUT2D eigenvalue weighted by molar-refractivity contribution is 1.07. The molecule has 52 heavy (non-hydrogen) atoms. The molecule has 0 atom stereocenters. The van der Waals surface area contributed by atoms with Crippen molar-refractivity contribution >= 4 is 10.9 Å². The zero-order valence-corrected chi connectivity index (χ0v) is 28.0. The van der Waals surface area contributed by atoms with Gasteiger partial charge in [-0.05, 0) is 35.4 Å². The fraction of sp³-hybridized carbons (Fsp3) is 0. The van der Waals surface area contributed by atoms with Crippen molar-refractivity contribution < 1.29 is 0 Å². The molecule has 9 rings (SSSR count). The van der Waals surface area contributed by atoms with Gasteiger partial charge in [0.25, 0.3) is 0 Å². The Hall–Kier alpha value is -7.18. The highest BCUT2D eigenvalue weighted by molar-refractivity contribution is 5.83. The van der Waals surface area contributed by atoms with E-state index in [1.807, 2.05) is 103 Å². The number of hydrogen-bond donors (Lipinski definition) is 0. The van der Waals surface area contributed by atoms with Crippen molar-refractivity contribution in [3.8, 4) is 79.2 Å². The molecule has 244 valence electrons. The summed E-state index contributed by atoms with van der Waals surface area (Å²) >= 11 is 0. The molecule has 6 heteroatoms. The van der Waals surface area contributed by atoms with E-state index in [2.05, 4.69) is 83.8 Å². The fourth-order valence-corrected chi connectivity index (χ4v) is 6.28. The average Bonchev–Trinajstić information content (AvgIpc) is 3.24. The summed E-state index contributed by atoms with van der Waals surface area (Å²) in [5.41, 5.74) is 10.5. The maximum absolute atomic E-state index is 5.03. The van der Waals surface area contributed by atoms with Gasteiger partial charge in [-0.25, -0.2) is 24.9 Å². The van der Waals surface area contributed by atoms with Crippen molar-refractivity contribution in [3.63, 3.8) is 0 Å². The molecule has 0 aliphatic carbocycles. The lowest BCUT2D eigenvalue weighted by atomic mass is 9.99. The topological polar surface area (TPSA) is 77.3 Å². The van der Waals surface area contributed by atoms with Crippen molar-refractivity contribution in [3.05, 3.63) is 182 Å². The number of rotatable bonds is 7. The predicted octanol–water partition coefficient (Wildman–Crippen LogP) is 10.9. The monoisotopic (exact) mass is 666 g/mol. The van der Waals surface area contributed by atoms with E-state index in [4.69, 9.17) is 24.9 Å². The van der Waals surface area contributed by atoms with Crippen LogP contribution in [0.2, 0.25) is 0 Å². The first kappa shape index (κ1) is 30.8. The van der Waals surface area contributed by atoms with Gasteiger partial charge in [-0.2, -0.15) is 0 Å². The van der Waals surface area contributed by atoms with Crippen LogP contribution in [0.25, 0.3) is 90.1 Å². The smallest absolute Gasteiger partial charge is 0.165 e. The van der Waals surface area contributed by atoms with Gasteiger partial charge in [0.1, 0.15) is 0 Å². The summed E-state index contributed by atoms with van der Waals surface area (Å²) in [7, 11) is 0. The highest BCUT2D eigenvalue weighted by Crippen LogP contribution is 2.32. The van der Waals surface area contributed by atoms with Crippen LogP contribution in [0.3, 0.4) is 0 Å². The molecule has 0 saturated heterocycles. The van der Waals surface area contributed by atoms with Crippen LogP contribution in [0.15, 0.2) is 182 Å². The maximum Gasteiger partial charge on any atom is 0.165 e. The number of benzene rings is 6. The zero-order chi connectivity index (χ0) is 34.7. The summed E-state index contributed by atoms with van der Waals surface area (Å²) in [6.45, 7) is 0. The van der Waals surface area contributed by atoms with E-state index < -0.39 is 0 Å². The first-order valence-corrected chi connectivity index (χ1v) is 17.1. The zero-order valence-electron chi connectivity index (χ0n) is 28.0. The summed E-state index contributed by atoms with van der Waals surface area (Å²) in [6.07, 6.45) is 1.83. The molecular weight excluding hydrogens is 637 g/mol. The Morgan fingerprint density at radius 1 is 0.269 bits per heavy atom. The van der Waals surface area contributed by atoms with Crippen LogP contribution < -0.4 is 0 Å². The molecule has 0 aliphatic rings. The van der Waals surface area contributed by atoms with Gasteiger partial charge in [0.15, 0.2) is 23.3 Å². The Labute approximate surface area is 301 Å². The number of nitrogens with zero attached hydrogens (tertiary/aromatic N) is 6. The minimum absolute atomic E-state index is 0.577. The molecule has 3 heterocycles. The van der Waals surface area contributed by atoms with Crippen molar-refractivity contribution in [2.45, 2.75) is 0 Å². The van der Waals surface area contributed by atoms with Crippen LogP contribution in [0.4, 0.5) is 0 Å². The molecular formula is C46H30N6. The van der Waals surface area contributed by atoms with Crippen LogP contribution in [-0.4, -0.2) is 29.9 Å². The van der Waals surface area contributed by atoms with E-state index in [1.165, 1.54) is 0 Å². The van der Waals surface area contributed by atoms with Gasteiger partial charge in [0, 0.05) is 45.0 Å². The van der Waals surface area contributed by atoms with Crippen molar-refractivity contribution in [2.24, 2.45) is 0 Å². The number of pyridine rings is 1. The van der Waals surface area contributed by atoms with Gasteiger partial charge < -0.3 is 0 Å². The van der Waals surface area contributed by atoms with Crippen LogP contribution in [0.5, 0.6) is 0 Å². The molecule has 3 aromatic heterocycles. The molecule has 0 N–H and O–H groups in total. The minimum atomic E-state index is 0.577. The third-order valence-electron chi connectivity index (χ3n) is 8.98. The Kier molecular flexibility index (Phi) is 8.08. The van der Waals surface area contributed by atoms with E-state index in [1.54, 1.807) is 0 Å². The molecule has 0 spiro atoms. The lowest BCUT2D eigenvalue weighted by Crippen LogP contribution is -2.00. The molecule has 6 aromatic carbocycles. The van der Waals surface area contributed by atoms with Gasteiger partial charge in [0.2, 0.25) is 0 Å². The molecule has 0 saturated carbocycles. The largest absolute Gasteiger partial charge is 0.255 e. The highest BCUT2D eigenvalue weighted by Gasteiger charge is 2.15. The van der Waals surface area contributed by atoms with Crippen molar-refractivity contribution in [1.82, 2.24) is 29.9 Å². The van der Waals surface area contributed by atoms with E-state index in [0.29, 0.717) is 23.3 Å². The Morgan fingerprint density at radius 3 is 1.38 bits per heavy atom. The number of para-hydroxylation sites is 1. The van der Waals surface area contributed by atoms with Gasteiger partial charge in [-0.1, -0.05) is 152 Å². The minimum Gasteiger partial charge on any atom is -0.255 e.